The molecule has 0 amide bonds. The first-order valence-corrected chi connectivity index (χ1v) is 7.75. The van der Waals surface area contributed by atoms with Gasteiger partial charge in [-0.25, -0.2) is 0 Å². The maximum Gasteiger partial charge on any atom is 0.175 e. The van der Waals surface area contributed by atoms with Gasteiger partial charge in [-0.1, -0.05) is 18.5 Å². The van der Waals surface area contributed by atoms with E-state index in [1.165, 1.54) is 5.54 Å². The average molecular weight is 363 g/mol. The summed E-state index contributed by atoms with van der Waals surface area (Å²) in [5.74, 6) is 1.37. The standard InChI is InChI=1S/C15H21BrClNO2/c1-4-12(18)5-11-6-13(16)15(14(7-11)19-3)20-9-10(2)8-17/h6-8,12H,4-5,9,18H2,1-3H3/b10-8+. The molecule has 0 aromatic heterocycles. The van der Waals surface area contributed by atoms with Crippen LogP contribution in [0.25, 0.3) is 0 Å². The molecular weight excluding hydrogens is 342 g/mol. The summed E-state index contributed by atoms with van der Waals surface area (Å²) in [5, 5.41) is 0. The highest BCUT2D eigenvalue weighted by molar-refractivity contribution is 9.10. The van der Waals surface area contributed by atoms with E-state index in [2.05, 4.69) is 22.9 Å². The van der Waals surface area contributed by atoms with Crippen LogP contribution in [0.15, 0.2) is 27.7 Å². The lowest BCUT2D eigenvalue weighted by molar-refractivity contribution is 0.317. The first-order valence-electron chi connectivity index (χ1n) is 6.52. The van der Waals surface area contributed by atoms with Crippen LogP contribution in [-0.2, 0) is 6.42 Å². The van der Waals surface area contributed by atoms with Crippen LogP contribution >= 0.6 is 27.5 Å². The van der Waals surface area contributed by atoms with Gasteiger partial charge in [-0.3, -0.25) is 0 Å². The third-order valence-electron chi connectivity index (χ3n) is 2.94. The number of rotatable bonds is 7. The third kappa shape index (κ3) is 5.00. The van der Waals surface area contributed by atoms with Crippen molar-refractivity contribution < 1.29 is 9.47 Å². The first-order chi connectivity index (χ1) is 9.51. The molecule has 0 radical (unpaired) electrons. The van der Waals surface area contributed by atoms with Crippen LogP contribution in [0.3, 0.4) is 0 Å². The molecule has 112 valence electrons. The van der Waals surface area contributed by atoms with E-state index in [9.17, 15) is 0 Å². The van der Waals surface area contributed by atoms with E-state index in [1.807, 2.05) is 19.1 Å². The smallest absolute Gasteiger partial charge is 0.175 e. The molecule has 0 fully saturated rings. The Bertz CT molecular complexity index is 477. The van der Waals surface area contributed by atoms with Gasteiger partial charge in [0.1, 0.15) is 6.61 Å². The zero-order valence-corrected chi connectivity index (χ0v) is 14.4. The van der Waals surface area contributed by atoms with Gasteiger partial charge in [0, 0.05) is 11.6 Å². The van der Waals surface area contributed by atoms with Crippen molar-refractivity contribution in [3.8, 4) is 11.5 Å². The number of halogens is 2. The Labute approximate surface area is 134 Å². The fourth-order valence-corrected chi connectivity index (χ4v) is 2.36. The molecule has 1 aromatic rings. The summed E-state index contributed by atoms with van der Waals surface area (Å²) in [6.07, 6.45) is 1.75. The van der Waals surface area contributed by atoms with Crippen molar-refractivity contribution in [1.29, 1.82) is 0 Å². The van der Waals surface area contributed by atoms with Gasteiger partial charge in [0.2, 0.25) is 0 Å². The largest absolute Gasteiger partial charge is 0.493 e. The van der Waals surface area contributed by atoms with Crippen molar-refractivity contribution in [3.05, 3.63) is 33.3 Å². The van der Waals surface area contributed by atoms with Gasteiger partial charge in [-0.2, -0.15) is 0 Å². The molecule has 1 unspecified atom stereocenters. The van der Waals surface area contributed by atoms with E-state index >= 15 is 0 Å². The van der Waals surface area contributed by atoms with Crippen LogP contribution in [0.4, 0.5) is 0 Å². The Balaban J connectivity index is 2.95. The van der Waals surface area contributed by atoms with Crippen LogP contribution in [0.2, 0.25) is 0 Å². The van der Waals surface area contributed by atoms with Crippen molar-refractivity contribution in [2.24, 2.45) is 5.73 Å². The topological polar surface area (TPSA) is 44.5 Å². The molecule has 0 aliphatic heterocycles. The molecular formula is C15H21BrClNO2. The zero-order valence-electron chi connectivity index (χ0n) is 12.1. The van der Waals surface area contributed by atoms with Gasteiger partial charge in [0.05, 0.1) is 11.6 Å². The summed E-state index contributed by atoms with van der Waals surface area (Å²) in [4.78, 5) is 0. The maximum atomic E-state index is 5.99. The van der Waals surface area contributed by atoms with Crippen molar-refractivity contribution in [3.63, 3.8) is 0 Å². The Morgan fingerprint density at radius 2 is 2.20 bits per heavy atom. The number of methoxy groups -OCH3 is 1. The van der Waals surface area contributed by atoms with E-state index in [-0.39, 0.29) is 6.04 Å². The molecule has 2 N–H and O–H groups in total. The molecule has 1 aromatic carbocycles. The summed E-state index contributed by atoms with van der Waals surface area (Å²) in [6.45, 7) is 4.41. The van der Waals surface area contributed by atoms with Crippen LogP contribution in [0, 0.1) is 0 Å². The summed E-state index contributed by atoms with van der Waals surface area (Å²) in [5.41, 5.74) is 9.57. The van der Waals surface area contributed by atoms with Crippen LogP contribution < -0.4 is 15.2 Å². The number of benzene rings is 1. The maximum absolute atomic E-state index is 5.99. The fourth-order valence-electron chi connectivity index (χ4n) is 1.70. The summed E-state index contributed by atoms with van der Waals surface area (Å²) < 4.78 is 12.0. The number of ether oxygens (including phenoxy) is 2. The lowest BCUT2D eigenvalue weighted by atomic mass is 10.0. The highest BCUT2D eigenvalue weighted by Crippen LogP contribution is 2.37. The summed E-state index contributed by atoms with van der Waals surface area (Å²) >= 11 is 9.16. The van der Waals surface area contributed by atoms with Crippen molar-refractivity contribution >= 4 is 27.5 Å². The molecule has 0 saturated carbocycles. The second-order valence-corrected chi connectivity index (χ2v) is 5.80. The molecule has 0 aliphatic rings. The number of nitrogens with two attached hydrogens (primary N) is 1. The van der Waals surface area contributed by atoms with Gasteiger partial charge in [-0.15, -0.1) is 0 Å². The molecule has 1 rings (SSSR count). The van der Waals surface area contributed by atoms with Crippen molar-refractivity contribution in [2.75, 3.05) is 13.7 Å². The van der Waals surface area contributed by atoms with Crippen molar-refractivity contribution in [2.45, 2.75) is 32.7 Å². The Hall–Kier alpha value is -0.710. The van der Waals surface area contributed by atoms with E-state index in [4.69, 9.17) is 26.8 Å². The van der Waals surface area contributed by atoms with Gasteiger partial charge < -0.3 is 15.2 Å². The second-order valence-electron chi connectivity index (χ2n) is 4.73. The molecule has 0 aliphatic carbocycles. The van der Waals surface area contributed by atoms with Gasteiger partial charge >= 0.3 is 0 Å². The molecule has 3 nitrogen and oxygen atoms in total. The third-order valence-corrected chi connectivity index (χ3v) is 3.90. The lowest BCUT2D eigenvalue weighted by Gasteiger charge is -2.16. The molecule has 0 spiro atoms. The average Bonchev–Trinajstić information content (AvgIpc) is 2.44. The zero-order chi connectivity index (χ0) is 15.1. The SMILES string of the molecule is CCC(N)Cc1cc(Br)c(OC/C(C)=C/Cl)c(OC)c1. The van der Waals surface area contributed by atoms with E-state index in [1.54, 1.807) is 7.11 Å². The van der Waals surface area contributed by atoms with E-state index < -0.39 is 0 Å². The van der Waals surface area contributed by atoms with Crippen molar-refractivity contribution in [1.82, 2.24) is 0 Å². The summed E-state index contributed by atoms with van der Waals surface area (Å²) in [7, 11) is 1.63. The summed E-state index contributed by atoms with van der Waals surface area (Å²) in [6, 6.07) is 4.14. The Kier molecular flexibility index (Phi) is 7.41. The minimum Gasteiger partial charge on any atom is -0.493 e. The monoisotopic (exact) mass is 361 g/mol. The fraction of sp³-hybridized carbons (Fsp3) is 0.467. The van der Waals surface area contributed by atoms with Crippen LogP contribution in [0.5, 0.6) is 11.5 Å². The van der Waals surface area contributed by atoms with E-state index in [0.29, 0.717) is 18.1 Å². The lowest BCUT2D eigenvalue weighted by Crippen LogP contribution is -2.21. The highest BCUT2D eigenvalue weighted by atomic mass is 79.9. The second kappa shape index (κ2) is 8.55. The molecule has 20 heavy (non-hydrogen) atoms. The molecule has 0 heterocycles. The van der Waals surface area contributed by atoms with E-state index in [0.717, 1.165) is 28.5 Å². The first kappa shape index (κ1) is 17.3. The predicted molar refractivity (Wildman–Crippen MR) is 87.8 cm³/mol. The minimum atomic E-state index is 0.153. The Morgan fingerprint density at radius 3 is 2.75 bits per heavy atom. The number of hydrogen-bond acceptors (Lipinski definition) is 3. The number of hydrogen-bond donors (Lipinski definition) is 1. The normalized spacial score (nSPS) is 13.2. The molecule has 0 bridgehead atoms. The van der Waals surface area contributed by atoms with Crippen LogP contribution in [-0.4, -0.2) is 19.8 Å². The predicted octanol–water partition coefficient (Wildman–Crippen LogP) is 4.26. The van der Waals surface area contributed by atoms with Gasteiger partial charge in [0.15, 0.2) is 11.5 Å². The quantitative estimate of drug-likeness (QED) is 0.788. The Morgan fingerprint density at radius 1 is 1.50 bits per heavy atom. The molecule has 0 saturated heterocycles. The molecule has 5 heteroatoms. The van der Waals surface area contributed by atoms with Gasteiger partial charge in [-0.05, 0) is 59.0 Å². The molecule has 1 atom stereocenters. The highest BCUT2D eigenvalue weighted by Gasteiger charge is 2.13. The van der Waals surface area contributed by atoms with Gasteiger partial charge in [0.25, 0.3) is 0 Å². The van der Waals surface area contributed by atoms with Crippen LogP contribution in [0.1, 0.15) is 25.8 Å². The minimum absolute atomic E-state index is 0.153.